The number of carbonyl (C=O) groups is 3. The molecule has 144 valence electrons. The molecule has 0 radical (unpaired) electrons. The van der Waals surface area contributed by atoms with Gasteiger partial charge in [0.1, 0.15) is 0 Å². The average molecular weight is 376 g/mol. The molecule has 0 aromatic heterocycles. The van der Waals surface area contributed by atoms with Crippen LogP contribution in [-0.2, 0) is 9.53 Å². The normalized spacial score (nSPS) is 25.5. The summed E-state index contributed by atoms with van der Waals surface area (Å²) in [5.41, 5.74) is 2.25. The van der Waals surface area contributed by atoms with E-state index in [0.717, 1.165) is 24.8 Å². The van der Waals surface area contributed by atoms with Gasteiger partial charge in [0.15, 0.2) is 18.2 Å². The maximum atomic E-state index is 13.1. The van der Waals surface area contributed by atoms with Crippen molar-refractivity contribution in [2.75, 3.05) is 6.61 Å². The molecule has 2 bridgehead atoms. The number of esters is 1. The maximum Gasteiger partial charge on any atom is 0.310 e. The van der Waals surface area contributed by atoms with Crippen LogP contribution in [0.2, 0.25) is 0 Å². The van der Waals surface area contributed by atoms with Gasteiger partial charge in [0, 0.05) is 17.0 Å². The Balaban J connectivity index is 1.45. The van der Waals surface area contributed by atoms with Crippen LogP contribution in [0.1, 0.15) is 45.5 Å². The molecule has 0 heterocycles. The number of rotatable bonds is 6. The van der Waals surface area contributed by atoms with E-state index in [0.29, 0.717) is 11.1 Å². The molecule has 0 amide bonds. The Morgan fingerprint density at radius 1 is 0.857 bits per heavy atom. The third-order valence-corrected chi connectivity index (χ3v) is 6.27. The van der Waals surface area contributed by atoms with Gasteiger partial charge in [-0.3, -0.25) is 14.4 Å². The second kappa shape index (κ2) is 7.70. The highest BCUT2D eigenvalue weighted by Gasteiger charge is 2.54. The molecule has 2 aromatic rings. The summed E-state index contributed by atoms with van der Waals surface area (Å²) in [4.78, 5) is 38.2. The van der Waals surface area contributed by atoms with Crippen molar-refractivity contribution >= 4 is 17.5 Å². The monoisotopic (exact) mass is 376 g/mol. The lowest BCUT2D eigenvalue weighted by Crippen LogP contribution is -2.36. The lowest BCUT2D eigenvalue weighted by Gasteiger charge is -2.28. The van der Waals surface area contributed by atoms with Gasteiger partial charge in [-0.25, -0.2) is 0 Å². The molecule has 4 atom stereocenters. The predicted molar refractivity (Wildman–Crippen MR) is 105 cm³/mol. The number of ketones is 2. The Bertz CT molecular complexity index is 885. The van der Waals surface area contributed by atoms with E-state index in [2.05, 4.69) is 0 Å². The second-order valence-corrected chi connectivity index (χ2v) is 8.01. The Morgan fingerprint density at radius 3 is 2.18 bits per heavy atom. The van der Waals surface area contributed by atoms with Crippen molar-refractivity contribution in [3.05, 3.63) is 71.3 Å². The zero-order valence-corrected chi connectivity index (χ0v) is 16.0. The molecule has 0 spiro atoms. The number of fused-ring (bicyclic) bond motifs is 2. The van der Waals surface area contributed by atoms with Crippen molar-refractivity contribution in [1.82, 2.24) is 0 Å². The van der Waals surface area contributed by atoms with Gasteiger partial charge >= 0.3 is 5.97 Å². The van der Waals surface area contributed by atoms with Gasteiger partial charge in [-0.15, -0.1) is 0 Å². The fourth-order valence-electron chi connectivity index (χ4n) is 4.86. The largest absolute Gasteiger partial charge is 0.457 e. The summed E-state index contributed by atoms with van der Waals surface area (Å²) in [7, 11) is 0. The van der Waals surface area contributed by atoms with Gasteiger partial charge in [-0.1, -0.05) is 60.2 Å². The van der Waals surface area contributed by atoms with E-state index in [9.17, 15) is 14.4 Å². The van der Waals surface area contributed by atoms with Crippen LogP contribution in [0.15, 0.2) is 54.6 Å². The number of benzene rings is 2. The molecule has 4 rings (SSSR count). The van der Waals surface area contributed by atoms with Crippen molar-refractivity contribution in [1.29, 1.82) is 0 Å². The van der Waals surface area contributed by atoms with Crippen molar-refractivity contribution in [3.8, 4) is 0 Å². The minimum Gasteiger partial charge on any atom is -0.457 e. The van der Waals surface area contributed by atoms with Gasteiger partial charge < -0.3 is 4.74 Å². The molecule has 2 fully saturated rings. The van der Waals surface area contributed by atoms with Gasteiger partial charge in [0.25, 0.3) is 0 Å². The number of hydrogen-bond acceptors (Lipinski definition) is 4. The van der Waals surface area contributed by atoms with E-state index < -0.39 is 11.9 Å². The number of aryl methyl sites for hydroxylation is 1. The van der Waals surface area contributed by atoms with Gasteiger partial charge in [-0.05, 0) is 38.0 Å². The molecular weight excluding hydrogens is 352 g/mol. The topological polar surface area (TPSA) is 60.4 Å². The van der Waals surface area contributed by atoms with E-state index in [-0.39, 0.29) is 35.9 Å². The average Bonchev–Trinajstić information content (AvgIpc) is 3.34. The van der Waals surface area contributed by atoms with Crippen LogP contribution < -0.4 is 0 Å². The lowest BCUT2D eigenvalue weighted by atomic mass is 9.75. The molecular formula is C24H24O4. The number of hydrogen-bond donors (Lipinski definition) is 0. The summed E-state index contributed by atoms with van der Waals surface area (Å²) < 4.78 is 5.40. The summed E-state index contributed by atoms with van der Waals surface area (Å²) >= 11 is 0. The van der Waals surface area contributed by atoms with Crippen LogP contribution in [0, 0.1) is 30.6 Å². The fraction of sp³-hybridized carbons (Fsp3) is 0.375. The first kappa shape index (κ1) is 18.6. The molecule has 4 nitrogen and oxygen atoms in total. The summed E-state index contributed by atoms with van der Waals surface area (Å²) in [5.74, 6) is -0.933. The first-order valence-corrected chi connectivity index (χ1v) is 9.90. The predicted octanol–water partition coefficient (Wildman–Crippen LogP) is 4.27. The van der Waals surface area contributed by atoms with E-state index in [4.69, 9.17) is 4.74 Å². The van der Waals surface area contributed by atoms with Crippen LogP contribution in [0.25, 0.3) is 0 Å². The minimum absolute atomic E-state index is 0.0274. The first-order valence-electron chi connectivity index (χ1n) is 9.90. The highest BCUT2D eigenvalue weighted by molar-refractivity contribution is 6.01. The summed E-state index contributed by atoms with van der Waals surface area (Å²) in [6, 6.07) is 16.4. The van der Waals surface area contributed by atoms with Crippen LogP contribution in [0.4, 0.5) is 0 Å². The van der Waals surface area contributed by atoms with E-state index in [1.165, 1.54) is 0 Å². The molecule has 2 aliphatic rings. The van der Waals surface area contributed by atoms with Crippen LogP contribution >= 0.6 is 0 Å². The summed E-state index contributed by atoms with van der Waals surface area (Å²) in [5, 5.41) is 0. The summed E-state index contributed by atoms with van der Waals surface area (Å²) in [6.45, 7) is 1.68. The highest BCUT2D eigenvalue weighted by Crippen LogP contribution is 2.53. The van der Waals surface area contributed by atoms with Gasteiger partial charge in [-0.2, -0.15) is 0 Å². The molecule has 0 unspecified atom stereocenters. The zero-order chi connectivity index (χ0) is 19.7. The summed E-state index contributed by atoms with van der Waals surface area (Å²) in [6.07, 6.45) is 2.84. The van der Waals surface area contributed by atoms with E-state index in [1.54, 1.807) is 24.3 Å². The third-order valence-electron chi connectivity index (χ3n) is 6.27. The molecule has 0 saturated heterocycles. The van der Waals surface area contributed by atoms with Gasteiger partial charge in [0.05, 0.1) is 5.92 Å². The van der Waals surface area contributed by atoms with Crippen molar-refractivity contribution in [3.63, 3.8) is 0 Å². The van der Waals surface area contributed by atoms with Gasteiger partial charge in [0.2, 0.25) is 0 Å². The molecule has 2 saturated carbocycles. The van der Waals surface area contributed by atoms with Crippen LogP contribution in [0.3, 0.4) is 0 Å². The molecule has 0 N–H and O–H groups in total. The molecule has 0 aliphatic heterocycles. The molecule has 4 heteroatoms. The Kier molecular flexibility index (Phi) is 5.12. The van der Waals surface area contributed by atoms with Crippen molar-refractivity contribution in [2.45, 2.75) is 26.2 Å². The standard InChI is InChI=1S/C24H24O4/c1-15-7-9-16(10-8-15)20(25)14-28-24(27)22-19-12-11-18(13-19)21(22)23(26)17-5-3-2-4-6-17/h2-10,18-19,21-22H,11-14H2,1H3/t18-,19+,21-,22+/m0/s1. The van der Waals surface area contributed by atoms with Crippen LogP contribution in [-0.4, -0.2) is 24.1 Å². The Hall–Kier alpha value is -2.75. The zero-order valence-electron chi connectivity index (χ0n) is 16.0. The molecule has 2 aliphatic carbocycles. The highest BCUT2D eigenvalue weighted by atomic mass is 16.5. The smallest absolute Gasteiger partial charge is 0.310 e. The Morgan fingerprint density at radius 2 is 1.50 bits per heavy atom. The maximum absolute atomic E-state index is 13.1. The molecule has 2 aromatic carbocycles. The number of ether oxygens (including phenoxy) is 1. The quantitative estimate of drug-likeness (QED) is 0.558. The minimum atomic E-state index is -0.433. The van der Waals surface area contributed by atoms with Crippen molar-refractivity contribution < 1.29 is 19.1 Å². The first-order chi connectivity index (χ1) is 13.5. The second-order valence-electron chi connectivity index (χ2n) is 8.01. The number of carbonyl (C=O) groups excluding carboxylic acids is 3. The lowest BCUT2D eigenvalue weighted by molar-refractivity contribution is -0.150. The van der Waals surface area contributed by atoms with Crippen LogP contribution in [0.5, 0.6) is 0 Å². The Labute approximate surface area is 164 Å². The van der Waals surface area contributed by atoms with E-state index in [1.807, 2.05) is 37.3 Å². The van der Waals surface area contributed by atoms with Crippen molar-refractivity contribution in [2.24, 2.45) is 23.7 Å². The van der Waals surface area contributed by atoms with E-state index >= 15 is 0 Å². The third kappa shape index (κ3) is 3.51. The fourth-order valence-corrected chi connectivity index (χ4v) is 4.86. The SMILES string of the molecule is Cc1ccc(C(=O)COC(=O)[C@@H]2[C@@H]3CC[C@@H](C3)[C@@H]2C(=O)c2ccccc2)cc1. The molecule has 28 heavy (non-hydrogen) atoms. The number of Topliss-reactive ketones (excluding diaryl/α,β-unsaturated/α-hetero) is 2.